The Bertz CT molecular complexity index is 377. The molecule has 1 aliphatic heterocycles. The topological polar surface area (TPSA) is 26.0 Å². The predicted octanol–water partition coefficient (Wildman–Crippen LogP) is 3.49. The van der Waals surface area contributed by atoms with Crippen LogP contribution in [0.5, 0.6) is 0 Å². The number of hydrogen-bond acceptors (Lipinski definition) is 2. The molecule has 1 nitrogen and oxygen atoms in total. The van der Waals surface area contributed by atoms with E-state index in [0.29, 0.717) is 5.92 Å². The number of nitrogens with two attached hydrogens (primary N) is 1. The summed E-state index contributed by atoms with van der Waals surface area (Å²) in [5.41, 5.74) is 9.36. The fourth-order valence-electron chi connectivity index (χ4n) is 3.16. The Kier molecular flexibility index (Phi) is 2.95. The van der Waals surface area contributed by atoms with E-state index in [2.05, 4.69) is 36.0 Å². The summed E-state index contributed by atoms with van der Waals surface area (Å²) in [7, 11) is 0. The van der Waals surface area contributed by atoms with Crippen LogP contribution >= 0.6 is 11.8 Å². The first kappa shape index (κ1) is 10.7. The molecule has 1 fully saturated rings. The average Bonchev–Trinajstić information content (AvgIpc) is 2.49. The Morgan fingerprint density at radius 3 is 2.88 bits per heavy atom. The van der Waals surface area contributed by atoms with Crippen LogP contribution in [-0.2, 0) is 5.75 Å². The molecule has 3 unspecified atom stereocenters. The predicted molar refractivity (Wildman–Crippen MR) is 70.4 cm³/mol. The third-order valence-electron chi connectivity index (χ3n) is 4.08. The molecule has 1 aliphatic carbocycles. The van der Waals surface area contributed by atoms with E-state index < -0.39 is 0 Å². The molecule has 1 aromatic carbocycles. The number of hydrogen-bond donors (Lipinski definition) is 1. The molecule has 2 aliphatic rings. The van der Waals surface area contributed by atoms with Gasteiger partial charge in [-0.1, -0.05) is 37.1 Å². The van der Waals surface area contributed by atoms with E-state index in [1.165, 1.54) is 36.8 Å². The van der Waals surface area contributed by atoms with Crippen LogP contribution < -0.4 is 5.73 Å². The van der Waals surface area contributed by atoms with Crippen LogP contribution in [0.15, 0.2) is 24.3 Å². The van der Waals surface area contributed by atoms with E-state index in [9.17, 15) is 0 Å². The molecule has 1 saturated carbocycles. The van der Waals surface area contributed by atoms with Crippen molar-refractivity contribution in [3.05, 3.63) is 35.4 Å². The van der Waals surface area contributed by atoms with Gasteiger partial charge in [0.15, 0.2) is 0 Å². The van der Waals surface area contributed by atoms with Crippen molar-refractivity contribution in [1.82, 2.24) is 0 Å². The van der Waals surface area contributed by atoms with Crippen molar-refractivity contribution in [3.63, 3.8) is 0 Å². The van der Waals surface area contributed by atoms with Gasteiger partial charge in [0.2, 0.25) is 0 Å². The first-order valence-electron chi connectivity index (χ1n) is 6.31. The molecular weight excluding hydrogens is 214 g/mol. The fraction of sp³-hybridized carbons (Fsp3) is 0.571. The molecular formula is C14H19NS. The second kappa shape index (κ2) is 4.42. The molecule has 1 aromatic rings. The molecule has 0 aromatic heterocycles. The van der Waals surface area contributed by atoms with Crippen LogP contribution in [0.2, 0.25) is 0 Å². The Morgan fingerprint density at radius 2 is 1.94 bits per heavy atom. The minimum Gasteiger partial charge on any atom is -0.324 e. The summed E-state index contributed by atoms with van der Waals surface area (Å²) in [4.78, 5) is 0. The number of fused-ring (bicyclic) bond motifs is 2. The van der Waals surface area contributed by atoms with E-state index in [-0.39, 0.29) is 6.04 Å². The SMILES string of the molecule is NC1c2ccccc2CSC2CCCCC21. The van der Waals surface area contributed by atoms with Gasteiger partial charge in [0.25, 0.3) is 0 Å². The van der Waals surface area contributed by atoms with E-state index >= 15 is 0 Å². The Labute approximate surface area is 102 Å². The van der Waals surface area contributed by atoms with Crippen LogP contribution in [0.25, 0.3) is 0 Å². The minimum absolute atomic E-state index is 0.275. The van der Waals surface area contributed by atoms with Gasteiger partial charge in [-0.05, 0) is 29.9 Å². The molecule has 3 rings (SSSR count). The highest BCUT2D eigenvalue weighted by atomic mass is 32.2. The smallest absolute Gasteiger partial charge is 0.0337 e. The Hall–Kier alpha value is -0.470. The summed E-state index contributed by atoms with van der Waals surface area (Å²) >= 11 is 2.13. The summed E-state index contributed by atoms with van der Waals surface area (Å²) < 4.78 is 0. The standard InChI is InChI=1S/C14H19NS/c15-14-11-6-2-1-5-10(11)9-16-13-8-4-3-7-12(13)14/h1-2,5-6,12-14H,3-4,7-9,15H2. The fourth-order valence-corrected chi connectivity index (χ4v) is 4.70. The number of thioether (sulfide) groups is 1. The normalized spacial score (nSPS) is 33.7. The highest BCUT2D eigenvalue weighted by Gasteiger charge is 2.34. The lowest BCUT2D eigenvalue weighted by Gasteiger charge is -2.33. The molecule has 0 radical (unpaired) electrons. The zero-order valence-electron chi connectivity index (χ0n) is 9.56. The van der Waals surface area contributed by atoms with Gasteiger partial charge in [-0.3, -0.25) is 0 Å². The second-order valence-corrected chi connectivity index (χ2v) is 6.25. The maximum absolute atomic E-state index is 6.49. The minimum atomic E-state index is 0.275. The molecule has 3 atom stereocenters. The highest BCUT2D eigenvalue weighted by molar-refractivity contribution is 7.99. The van der Waals surface area contributed by atoms with Gasteiger partial charge in [0.05, 0.1) is 0 Å². The third kappa shape index (κ3) is 1.78. The molecule has 0 bridgehead atoms. The van der Waals surface area contributed by atoms with Crippen LogP contribution in [0, 0.1) is 5.92 Å². The van der Waals surface area contributed by atoms with E-state index in [1.807, 2.05) is 0 Å². The van der Waals surface area contributed by atoms with Crippen LogP contribution in [0.4, 0.5) is 0 Å². The first-order chi connectivity index (χ1) is 7.86. The average molecular weight is 233 g/mol. The lowest BCUT2D eigenvalue weighted by molar-refractivity contribution is 0.320. The van der Waals surface area contributed by atoms with Gasteiger partial charge in [0, 0.05) is 17.0 Å². The third-order valence-corrected chi connectivity index (χ3v) is 5.57. The first-order valence-corrected chi connectivity index (χ1v) is 7.36. The summed E-state index contributed by atoms with van der Waals surface area (Å²) in [6.45, 7) is 0. The molecule has 2 heteroatoms. The van der Waals surface area contributed by atoms with Crippen LogP contribution in [-0.4, -0.2) is 5.25 Å². The van der Waals surface area contributed by atoms with Crippen molar-refractivity contribution >= 4 is 11.8 Å². The molecule has 2 N–H and O–H groups in total. The molecule has 16 heavy (non-hydrogen) atoms. The van der Waals surface area contributed by atoms with Gasteiger partial charge in [-0.15, -0.1) is 0 Å². The maximum atomic E-state index is 6.49. The van der Waals surface area contributed by atoms with Crippen molar-refractivity contribution in [3.8, 4) is 0 Å². The molecule has 0 saturated heterocycles. The van der Waals surface area contributed by atoms with Crippen molar-refractivity contribution in [2.45, 2.75) is 42.7 Å². The van der Waals surface area contributed by atoms with E-state index in [0.717, 1.165) is 11.0 Å². The number of rotatable bonds is 0. The summed E-state index contributed by atoms with van der Waals surface area (Å²) in [6, 6.07) is 9.03. The largest absolute Gasteiger partial charge is 0.324 e. The Balaban J connectivity index is 1.96. The monoisotopic (exact) mass is 233 g/mol. The maximum Gasteiger partial charge on any atom is 0.0337 e. The lowest BCUT2D eigenvalue weighted by Crippen LogP contribution is -2.31. The zero-order chi connectivity index (χ0) is 11.0. The van der Waals surface area contributed by atoms with Crippen molar-refractivity contribution < 1.29 is 0 Å². The molecule has 86 valence electrons. The zero-order valence-corrected chi connectivity index (χ0v) is 10.4. The Morgan fingerprint density at radius 1 is 1.12 bits per heavy atom. The quantitative estimate of drug-likeness (QED) is 0.742. The lowest BCUT2D eigenvalue weighted by atomic mass is 9.80. The molecule has 0 spiro atoms. The van der Waals surface area contributed by atoms with Gasteiger partial charge in [0.1, 0.15) is 0 Å². The second-order valence-electron chi connectivity index (χ2n) is 5.02. The molecule has 1 heterocycles. The van der Waals surface area contributed by atoms with Crippen LogP contribution in [0.1, 0.15) is 42.9 Å². The highest BCUT2D eigenvalue weighted by Crippen LogP contribution is 2.44. The summed E-state index contributed by atoms with van der Waals surface area (Å²) in [5, 5.41) is 0.802. The van der Waals surface area contributed by atoms with Gasteiger partial charge in [-0.25, -0.2) is 0 Å². The van der Waals surface area contributed by atoms with Gasteiger partial charge >= 0.3 is 0 Å². The summed E-state index contributed by atoms with van der Waals surface area (Å²) in [6.07, 6.45) is 5.47. The van der Waals surface area contributed by atoms with E-state index in [4.69, 9.17) is 5.73 Å². The van der Waals surface area contributed by atoms with Crippen molar-refractivity contribution in [1.29, 1.82) is 0 Å². The van der Waals surface area contributed by atoms with Crippen LogP contribution in [0.3, 0.4) is 0 Å². The van der Waals surface area contributed by atoms with E-state index in [1.54, 1.807) is 0 Å². The van der Waals surface area contributed by atoms with Gasteiger partial charge < -0.3 is 5.73 Å². The number of benzene rings is 1. The molecule has 0 amide bonds. The van der Waals surface area contributed by atoms with Gasteiger partial charge in [-0.2, -0.15) is 11.8 Å². The van der Waals surface area contributed by atoms with Crippen molar-refractivity contribution in [2.75, 3.05) is 0 Å². The summed E-state index contributed by atoms with van der Waals surface area (Å²) in [5.74, 6) is 1.87. The van der Waals surface area contributed by atoms with Crippen molar-refractivity contribution in [2.24, 2.45) is 11.7 Å².